The van der Waals surface area contributed by atoms with Crippen LogP contribution in [0.1, 0.15) is 16.2 Å². The third-order valence-corrected chi connectivity index (χ3v) is 4.50. The lowest BCUT2D eigenvalue weighted by atomic mass is 10.1. The number of pyridine rings is 1. The van der Waals surface area contributed by atoms with Crippen LogP contribution in [0.25, 0.3) is 21.8 Å². The van der Waals surface area contributed by atoms with E-state index in [1.54, 1.807) is 49.6 Å². The van der Waals surface area contributed by atoms with Gasteiger partial charge in [0.1, 0.15) is 10.9 Å². The van der Waals surface area contributed by atoms with Crippen molar-refractivity contribution in [2.75, 3.05) is 7.11 Å². The molecule has 0 saturated carbocycles. The Bertz CT molecular complexity index is 1330. The summed E-state index contributed by atoms with van der Waals surface area (Å²) in [5, 5.41) is 5.34. The molecule has 2 heterocycles. The van der Waals surface area contributed by atoms with Crippen LogP contribution in [0.15, 0.2) is 58.4 Å². The number of hydrogen-bond acceptors (Lipinski definition) is 6. The van der Waals surface area contributed by atoms with Crippen LogP contribution in [-0.4, -0.2) is 34.2 Å². The smallest absolute Gasteiger partial charge is 0.307 e. The van der Waals surface area contributed by atoms with E-state index in [2.05, 4.69) is 25.5 Å². The van der Waals surface area contributed by atoms with E-state index in [0.29, 0.717) is 27.7 Å². The van der Waals surface area contributed by atoms with Crippen molar-refractivity contribution >= 4 is 45.5 Å². The zero-order valence-electron chi connectivity index (χ0n) is 15.1. The van der Waals surface area contributed by atoms with E-state index in [1.165, 1.54) is 6.21 Å². The molecule has 0 spiro atoms. The molecular formula is C20H14ClN5O3. The third kappa shape index (κ3) is 3.78. The van der Waals surface area contributed by atoms with Gasteiger partial charge in [-0.25, -0.2) is 15.4 Å². The monoisotopic (exact) mass is 407 g/mol. The number of aromatic nitrogens is 3. The van der Waals surface area contributed by atoms with Gasteiger partial charge in [-0.3, -0.25) is 9.59 Å². The lowest BCUT2D eigenvalue weighted by Gasteiger charge is -2.05. The van der Waals surface area contributed by atoms with Crippen LogP contribution in [0.5, 0.6) is 5.75 Å². The molecule has 2 aromatic heterocycles. The number of nitrogens with zero attached hydrogens (tertiary/aromatic N) is 3. The number of ether oxygens (including phenoxy) is 1. The fourth-order valence-electron chi connectivity index (χ4n) is 2.77. The van der Waals surface area contributed by atoms with E-state index >= 15 is 0 Å². The van der Waals surface area contributed by atoms with Gasteiger partial charge in [0.25, 0.3) is 5.56 Å². The van der Waals surface area contributed by atoms with E-state index in [-0.39, 0.29) is 11.0 Å². The van der Waals surface area contributed by atoms with Gasteiger partial charge in [0.15, 0.2) is 0 Å². The number of hydrazone groups is 1. The van der Waals surface area contributed by atoms with Crippen molar-refractivity contribution in [3.63, 3.8) is 0 Å². The van der Waals surface area contributed by atoms with Gasteiger partial charge in [0, 0.05) is 10.9 Å². The van der Waals surface area contributed by atoms with Gasteiger partial charge >= 0.3 is 5.91 Å². The summed E-state index contributed by atoms with van der Waals surface area (Å²) in [5.74, 6) is -0.113. The molecule has 0 fully saturated rings. The van der Waals surface area contributed by atoms with Crippen molar-refractivity contribution in [3.8, 4) is 5.75 Å². The molecular weight excluding hydrogens is 394 g/mol. The summed E-state index contributed by atoms with van der Waals surface area (Å²) in [4.78, 5) is 35.2. The van der Waals surface area contributed by atoms with Crippen LogP contribution >= 0.6 is 11.6 Å². The van der Waals surface area contributed by atoms with Crippen LogP contribution in [0.4, 0.5) is 0 Å². The van der Waals surface area contributed by atoms with Crippen LogP contribution in [-0.2, 0) is 0 Å². The van der Waals surface area contributed by atoms with Gasteiger partial charge in [0.05, 0.1) is 29.7 Å². The number of nitrogens with one attached hydrogen (secondary N) is 2. The van der Waals surface area contributed by atoms with E-state index in [9.17, 15) is 9.59 Å². The normalized spacial score (nSPS) is 11.2. The minimum absolute atomic E-state index is 0.140. The van der Waals surface area contributed by atoms with E-state index in [1.807, 2.05) is 6.07 Å². The molecule has 0 unspecified atom stereocenters. The number of para-hydroxylation sites is 1. The second-order valence-corrected chi connectivity index (χ2v) is 6.42. The first-order valence-electron chi connectivity index (χ1n) is 8.52. The van der Waals surface area contributed by atoms with Crippen molar-refractivity contribution in [3.05, 3.63) is 75.4 Å². The molecule has 9 heteroatoms. The van der Waals surface area contributed by atoms with Crippen molar-refractivity contribution in [2.45, 2.75) is 0 Å². The fourth-order valence-corrected chi connectivity index (χ4v) is 2.97. The Morgan fingerprint density at radius 3 is 2.83 bits per heavy atom. The molecule has 29 heavy (non-hydrogen) atoms. The summed E-state index contributed by atoms with van der Waals surface area (Å²) in [6.07, 6.45) is 1.37. The van der Waals surface area contributed by atoms with Gasteiger partial charge < -0.3 is 9.72 Å². The van der Waals surface area contributed by atoms with Crippen LogP contribution < -0.4 is 15.7 Å². The second kappa shape index (κ2) is 7.69. The quantitative estimate of drug-likeness (QED) is 0.307. The Morgan fingerprint density at radius 2 is 2.00 bits per heavy atom. The zero-order chi connectivity index (χ0) is 20.4. The Hall–Kier alpha value is -3.78. The highest BCUT2D eigenvalue weighted by molar-refractivity contribution is 6.32. The summed E-state index contributed by atoms with van der Waals surface area (Å²) < 4.78 is 5.21. The number of carbonyl (C=O) groups excluding carboxylic acids is 1. The third-order valence-electron chi connectivity index (χ3n) is 4.20. The molecule has 4 rings (SSSR count). The number of methoxy groups -OCH3 is 1. The second-order valence-electron chi connectivity index (χ2n) is 6.06. The Morgan fingerprint density at radius 1 is 1.17 bits per heavy atom. The van der Waals surface area contributed by atoms with Gasteiger partial charge in [-0.15, -0.1) is 0 Å². The van der Waals surface area contributed by atoms with Crippen LogP contribution in [0.2, 0.25) is 5.15 Å². The molecule has 1 amide bonds. The van der Waals surface area contributed by atoms with Crippen molar-refractivity contribution in [2.24, 2.45) is 5.10 Å². The maximum atomic E-state index is 12.3. The number of amides is 1. The largest absolute Gasteiger partial charge is 0.497 e. The minimum atomic E-state index is -0.657. The summed E-state index contributed by atoms with van der Waals surface area (Å²) in [5.41, 5.74) is 3.55. The molecule has 0 atom stereocenters. The first-order valence-corrected chi connectivity index (χ1v) is 8.90. The van der Waals surface area contributed by atoms with Gasteiger partial charge in [-0.2, -0.15) is 5.10 Å². The van der Waals surface area contributed by atoms with Crippen molar-refractivity contribution < 1.29 is 9.53 Å². The van der Waals surface area contributed by atoms with Crippen LogP contribution in [0, 0.1) is 0 Å². The van der Waals surface area contributed by atoms with Gasteiger partial charge in [-0.05, 0) is 36.4 Å². The lowest BCUT2D eigenvalue weighted by Crippen LogP contribution is -2.24. The first kappa shape index (κ1) is 18.6. The molecule has 0 bridgehead atoms. The molecule has 0 aliphatic heterocycles. The average molecular weight is 408 g/mol. The van der Waals surface area contributed by atoms with Crippen LogP contribution in [0.3, 0.4) is 0 Å². The molecule has 0 aliphatic carbocycles. The molecule has 2 N–H and O–H groups in total. The number of carbonyl (C=O) groups is 1. The van der Waals surface area contributed by atoms with E-state index in [0.717, 1.165) is 5.39 Å². The SMILES string of the molecule is COc1ccc2nc(Cl)c(/C=N/NC(=O)c3nc4ccccc4c(=O)[nH]3)cc2c1. The number of benzene rings is 2. The fraction of sp³-hybridized carbons (Fsp3) is 0.0500. The Labute approximate surface area is 169 Å². The standard InChI is InChI=1S/C20H14ClN5O3/c1-29-13-6-7-15-11(9-13)8-12(17(21)23-15)10-22-26-20(28)18-24-16-5-3-2-4-14(16)19(27)25-18/h2-10H,1H3,(H,26,28)(H,24,25,27)/b22-10+. The van der Waals surface area contributed by atoms with Crippen molar-refractivity contribution in [1.82, 2.24) is 20.4 Å². The summed E-state index contributed by atoms with van der Waals surface area (Å²) in [6, 6.07) is 13.9. The first-order chi connectivity index (χ1) is 14.0. The Balaban J connectivity index is 1.57. The lowest BCUT2D eigenvalue weighted by molar-refractivity contribution is 0.0945. The van der Waals surface area contributed by atoms with E-state index in [4.69, 9.17) is 16.3 Å². The summed E-state index contributed by atoms with van der Waals surface area (Å²) >= 11 is 6.19. The maximum absolute atomic E-state index is 12.3. The molecule has 2 aromatic carbocycles. The highest BCUT2D eigenvalue weighted by Crippen LogP contribution is 2.23. The maximum Gasteiger partial charge on any atom is 0.307 e. The van der Waals surface area contributed by atoms with Gasteiger partial charge in [0.2, 0.25) is 5.82 Å². The predicted octanol–water partition coefficient (Wildman–Crippen LogP) is 2.90. The summed E-state index contributed by atoms with van der Waals surface area (Å²) in [6.45, 7) is 0. The zero-order valence-corrected chi connectivity index (χ0v) is 15.9. The average Bonchev–Trinajstić information content (AvgIpc) is 2.73. The van der Waals surface area contributed by atoms with Gasteiger partial charge in [-0.1, -0.05) is 23.7 Å². The summed E-state index contributed by atoms with van der Waals surface area (Å²) in [7, 11) is 1.58. The molecule has 0 aliphatic rings. The molecule has 0 saturated heterocycles. The number of rotatable bonds is 4. The number of H-pyrrole nitrogens is 1. The number of halogens is 1. The van der Waals surface area contributed by atoms with E-state index < -0.39 is 11.5 Å². The molecule has 0 radical (unpaired) electrons. The Kier molecular flexibility index (Phi) is 4.92. The number of hydrogen-bond donors (Lipinski definition) is 2. The van der Waals surface area contributed by atoms with Crippen molar-refractivity contribution in [1.29, 1.82) is 0 Å². The molecule has 8 nitrogen and oxygen atoms in total. The highest BCUT2D eigenvalue weighted by atomic mass is 35.5. The minimum Gasteiger partial charge on any atom is -0.497 e. The number of aromatic amines is 1. The molecule has 4 aromatic rings. The number of fused-ring (bicyclic) bond motifs is 2. The molecule has 144 valence electrons. The predicted molar refractivity (Wildman–Crippen MR) is 111 cm³/mol. The topological polar surface area (TPSA) is 109 Å². The highest BCUT2D eigenvalue weighted by Gasteiger charge is 2.11.